The summed E-state index contributed by atoms with van der Waals surface area (Å²) in [6, 6.07) is 22.2. The molecule has 1 N–H and O–H groups in total. The van der Waals surface area contributed by atoms with Gasteiger partial charge < -0.3 is 14.8 Å². The predicted molar refractivity (Wildman–Crippen MR) is 131 cm³/mol. The molecule has 0 saturated heterocycles. The van der Waals surface area contributed by atoms with Gasteiger partial charge in [0.05, 0.1) is 7.11 Å². The number of nitrogens with one attached hydrogen (secondary N) is 1. The molecular formula is C26H21FN4O2S. The van der Waals surface area contributed by atoms with Crippen LogP contribution in [0.5, 0.6) is 11.6 Å². The monoisotopic (exact) mass is 472 g/mol. The molecule has 6 nitrogen and oxygen atoms in total. The molecule has 0 fully saturated rings. The number of ether oxygens (including phenoxy) is 2. The topological polar surface area (TPSA) is 69.2 Å². The van der Waals surface area contributed by atoms with Crippen molar-refractivity contribution in [1.82, 2.24) is 15.2 Å². The third kappa shape index (κ3) is 4.87. The number of rotatable bonds is 6. The van der Waals surface area contributed by atoms with E-state index < -0.39 is 6.23 Å². The number of hydrogen-bond donors (Lipinski definition) is 1. The van der Waals surface area contributed by atoms with Gasteiger partial charge >= 0.3 is 0 Å². The Kier molecular flexibility index (Phi) is 6.40. The van der Waals surface area contributed by atoms with Crippen molar-refractivity contribution in [3.05, 3.63) is 95.8 Å². The highest BCUT2D eigenvalue weighted by Crippen LogP contribution is 2.36. The molecule has 0 spiro atoms. The summed E-state index contributed by atoms with van der Waals surface area (Å²) >= 11 is 1.31. The van der Waals surface area contributed by atoms with E-state index in [-0.39, 0.29) is 5.82 Å². The van der Waals surface area contributed by atoms with Crippen molar-refractivity contribution >= 4 is 23.5 Å². The fourth-order valence-corrected chi connectivity index (χ4v) is 4.25. The molecule has 0 amide bonds. The fraction of sp³-hybridized carbons (Fsp3) is 0.115. The first-order valence-electron chi connectivity index (χ1n) is 10.7. The molecule has 0 bridgehead atoms. The molecule has 4 aromatic rings. The van der Waals surface area contributed by atoms with Gasteiger partial charge in [0.1, 0.15) is 11.6 Å². The summed E-state index contributed by atoms with van der Waals surface area (Å²) in [6.45, 7) is 0. The van der Waals surface area contributed by atoms with Crippen LogP contribution in [-0.4, -0.2) is 28.5 Å². The normalized spacial score (nSPS) is 14.5. The van der Waals surface area contributed by atoms with E-state index in [1.807, 2.05) is 60.7 Å². The number of halogens is 1. The van der Waals surface area contributed by atoms with E-state index in [0.717, 1.165) is 22.6 Å². The van der Waals surface area contributed by atoms with E-state index in [0.29, 0.717) is 28.0 Å². The Morgan fingerprint density at radius 3 is 2.65 bits per heavy atom. The highest BCUT2D eigenvalue weighted by molar-refractivity contribution is 7.98. The number of fused-ring (bicyclic) bond motifs is 3. The van der Waals surface area contributed by atoms with Crippen LogP contribution in [-0.2, 0) is 5.75 Å². The van der Waals surface area contributed by atoms with Gasteiger partial charge in [0, 0.05) is 17.0 Å². The maximum Gasteiger partial charge on any atom is 0.247 e. The van der Waals surface area contributed by atoms with E-state index in [1.54, 1.807) is 25.3 Å². The lowest BCUT2D eigenvalue weighted by Crippen LogP contribution is -2.23. The summed E-state index contributed by atoms with van der Waals surface area (Å²) in [5, 5.41) is 12.5. The number of aromatic nitrogens is 3. The third-order valence-corrected chi connectivity index (χ3v) is 6.13. The van der Waals surface area contributed by atoms with Crippen molar-refractivity contribution in [2.24, 2.45) is 0 Å². The Labute approximate surface area is 200 Å². The third-order valence-electron chi connectivity index (χ3n) is 5.25. The van der Waals surface area contributed by atoms with E-state index in [9.17, 15) is 4.39 Å². The van der Waals surface area contributed by atoms with Gasteiger partial charge in [0.2, 0.25) is 11.0 Å². The maximum atomic E-state index is 14.0. The smallest absolute Gasteiger partial charge is 0.247 e. The first kappa shape index (κ1) is 21.9. The predicted octanol–water partition coefficient (Wildman–Crippen LogP) is 5.82. The Morgan fingerprint density at radius 1 is 1.03 bits per heavy atom. The zero-order valence-electron chi connectivity index (χ0n) is 18.3. The standard InChI is InChI=1S/C26H21FN4O2S/c1-32-19-13-10-17(11-14-19)12-15-23-28-22-9-5-3-7-20(22)24-25(33-23)29-26(31-30-24)34-16-18-6-2-4-8-21(18)27/h2-15,23,28H,16H2,1H3/b15-12+/t23-/m0/s1. The molecule has 1 atom stereocenters. The summed E-state index contributed by atoms with van der Waals surface area (Å²) in [6.07, 6.45) is 3.40. The molecule has 0 aliphatic carbocycles. The van der Waals surface area contributed by atoms with Crippen molar-refractivity contribution < 1.29 is 13.9 Å². The SMILES string of the molecule is COc1ccc(/C=C/[C@H]2Nc3ccccc3-c3nnc(SCc4ccccc4F)nc3O2)cc1. The van der Waals surface area contributed by atoms with Crippen LogP contribution < -0.4 is 14.8 Å². The number of anilines is 1. The first-order valence-corrected chi connectivity index (χ1v) is 11.6. The molecule has 1 aliphatic heterocycles. The van der Waals surface area contributed by atoms with Crippen molar-refractivity contribution in [1.29, 1.82) is 0 Å². The second-order valence-electron chi connectivity index (χ2n) is 7.49. The average molecular weight is 473 g/mol. The Balaban J connectivity index is 1.41. The molecule has 8 heteroatoms. The largest absolute Gasteiger partial charge is 0.497 e. The van der Waals surface area contributed by atoms with Gasteiger partial charge in [-0.2, -0.15) is 4.98 Å². The lowest BCUT2D eigenvalue weighted by molar-refractivity contribution is 0.266. The zero-order valence-corrected chi connectivity index (χ0v) is 19.1. The number of hydrogen-bond acceptors (Lipinski definition) is 7. The highest BCUT2D eigenvalue weighted by atomic mass is 32.2. The van der Waals surface area contributed by atoms with Gasteiger partial charge in [0.25, 0.3) is 0 Å². The molecule has 34 heavy (non-hydrogen) atoms. The lowest BCUT2D eigenvalue weighted by atomic mass is 10.1. The second-order valence-corrected chi connectivity index (χ2v) is 8.43. The molecule has 1 aliphatic rings. The molecular weight excluding hydrogens is 451 g/mol. The van der Waals surface area contributed by atoms with Crippen molar-refractivity contribution in [3.63, 3.8) is 0 Å². The Bertz CT molecular complexity index is 1330. The van der Waals surface area contributed by atoms with Crippen LogP contribution in [0.4, 0.5) is 10.1 Å². The minimum Gasteiger partial charge on any atom is -0.497 e. The first-order chi connectivity index (χ1) is 16.7. The number of para-hydroxylation sites is 1. The van der Waals surface area contributed by atoms with Crippen LogP contribution in [0.1, 0.15) is 11.1 Å². The molecule has 0 radical (unpaired) electrons. The quantitative estimate of drug-likeness (QED) is 0.355. The fourth-order valence-electron chi connectivity index (χ4n) is 3.49. The molecule has 3 aromatic carbocycles. The van der Waals surface area contributed by atoms with Crippen molar-refractivity contribution in [2.45, 2.75) is 17.1 Å². The number of methoxy groups -OCH3 is 1. The molecule has 0 saturated carbocycles. The zero-order chi connectivity index (χ0) is 23.3. The van der Waals surface area contributed by atoms with E-state index in [2.05, 4.69) is 20.5 Å². The van der Waals surface area contributed by atoms with Crippen LogP contribution in [0.25, 0.3) is 17.3 Å². The second kappa shape index (κ2) is 9.93. The number of thioether (sulfide) groups is 1. The number of benzene rings is 3. The van der Waals surface area contributed by atoms with Crippen molar-refractivity contribution in [3.8, 4) is 22.9 Å². The van der Waals surface area contributed by atoms with Gasteiger partial charge in [0.15, 0.2) is 11.9 Å². The van der Waals surface area contributed by atoms with Gasteiger partial charge in [-0.15, -0.1) is 10.2 Å². The molecule has 5 rings (SSSR count). The number of nitrogens with zero attached hydrogens (tertiary/aromatic N) is 3. The van der Waals surface area contributed by atoms with Gasteiger partial charge in [-0.25, -0.2) is 4.39 Å². The Hall–Kier alpha value is -3.91. The average Bonchev–Trinajstić information content (AvgIpc) is 3.03. The maximum absolute atomic E-state index is 14.0. The van der Waals surface area contributed by atoms with Gasteiger partial charge in [-0.1, -0.05) is 66.4 Å². The minimum atomic E-state index is -0.481. The van der Waals surface area contributed by atoms with Crippen LogP contribution in [0, 0.1) is 5.82 Å². The summed E-state index contributed by atoms with van der Waals surface area (Å²) in [4.78, 5) is 4.60. The van der Waals surface area contributed by atoms with Crippen molar-refractivity contribution in [2.75, 3.05) is 12.4 Å². The minimum absolute atomic E-state index is 0.254. The summed E-state index contributed by atoms with van der Waals surface area (Å²) in [5.74, 6) is 1.30. The molecule has 2 heterocycles. The van der Waals surface area contributed by atoms with Crippen LogP contribution in [0.3, 0.4) is 0 Å². The Morgan fingerprint density at radius 2 is 1.82 bits per heavy atom. The summed E-state index contributed by atoms with van der Waals surface area (Å²) in [5.41, 5.74) is 3.86. The molecule has 1 aromatic heterocycles. The highest BCUT2D eigenvalue weighted by Gasteiger charge is 2.23. The lowest BCUT2D eigenvalue weighted by Gasteiger charge is -2.15. The van der Waals surface area contributed by atoms with Gasteiger partial charge in [-0.05, 0) is 41.5 Å². The van der Waals surface area contributed by atoms with E-state index in [4.69, 9.17) is 9.47 Å². The van der Waals surface area contributed by atoms with E-state index in [1.165, 1.54) is 17.8 Å². The van der Waals surface area contributed by atoms with Crippen LogP contribution >= 0.6 is 11.8 Å². The van der Waals surface area contributed by atoms with Crippen LogP contribution in [0.15, 0.2) is 84.0 Å². The van der Waals surface area contributed by atoms with E-state index >= 15 is 0 Å². The molecule has 170 valence electrons. The summed E-state index contributed by atoms with van der Waals surface area (Å²) in [7, 11) is 1.64. The van der Waals surface area contributed by atoms with Gasteiger partial charge in [-0.3, -0.25) is 0 Å². The summed E-state index contributed by atoms with van der Waals surface area (Å²) < 4.78 is 25.4. The molecule has 0 unspecified atom stereocenters. The van der Waals surface area contributed by atoms with Crippen LogP contribution in [0.2, 0.25) is 0 Å².